The number of hydrogen-bond acceptors (Lipinski definition) is 8. The van der Waals surface area contributed by atoms with Crippen molar-refractivity contribution in [3.8, 4) is 0 Å². The van der Waals surface area contributed by atoms with Gasteiger partial charge in [-0.3, -0.25) is 9.59 Å². The SMILES string of the molecule is CC(C)(C)C(=O)C(=O)[C@@](O)(N=[N+]=[N-])[C@@H](O)[C@H](O)[C@H](O)CO. The normalized spacial score (nSPS) is 18.9. The van der Waals surface area contributed by atoms with Crippen LogP contribution in [0.3, 0.4) is 0 Å². The molecule has 0 spiro atoms. The van der Waals surface area contributed by atoms with Crippen molar-refractivity contribution in [3.05, 3.63) is 10.4 Å². The topological polar surface area (TPSA) is 184 Å². The fourth-order valence-corrected chi connectivity index (χ4v) is 1.37. The van der Waals surface area contributed by atoms with Crippen LogP contribution in [0.25, 0.3) is 10.4 Å². The van der Waals surface area contributed by atoms with E-state index in [0.29, 0.717) is 0 Å². The molecule has 0 aromatic rings. The van der Waals surface area contributed by atoms with Gasteiger partial charge < -0.3 is 25.5 Å². The highest BCUT2D eigenvalue weighted by Crippen LogP contribution is 2.25. The van der Waals surface area contributed by atoms with Gasteiger partial charge in [-0.2, -0.15) is 0 Å². The first-order valence-electron chi connectivity index (χ1n) is 5.96. The molecule has 0 rings (SSSR count). The quantitative estimate of drug-likeness (QED) is 0.160. The van der Waals surface area contributed by atoms with Crippen molar-refractivity contribution in [1.82, 2.24) is 0 Å². The molecule has 0 saturated carbocycles. The summed E-state index contributed by atoms with van der Waals surface area (Å²) >= 11 is 0. The Morgan fingerprint density at radius 2 is 1.67 bits per heavy atom. The molecule has 0 saturated heterocycles. The van der Waals surface area contributed by atoms with E-state index in [4.69, 9.17) is 10.6 Å². The number of carbonyl (C=O) groups excluding carboxylic acids is 2. The van der Waals surface area contributed by atoms with Crippen LogP contribution in [0.1, 0.15) is 20.8 Å². The summed E-state index contributed by atoms with van der Waals surface area (Å²) in [6, 6.07) is 0. The van der Waals surface area contributed by atoms with E-state index in [1.54, 1.807) is 0 Å². The Morgan fingerprint density at radius 1 is 1.19 bits per heavy atom. The Labute approximate surface area is 120 Å². The minimum Gasteiger partial charge on any atom is -0.394 e. The van der Waals surface area contributed by atoms with Crippen LogP contribution in [0.4, 0.5) is 0 Å². The second kappa shape index (κ2) is 6.94. The smallest absolute Gasteiger partial charge is 0.239 e. The van der Waals surface area contributed by atoms with Crippen LogP contribution in [0.2, 0.25) is 0 Å². The lowest BCUT2D eigenvalue weighted by atomic mass is 9.82. The molecule has 4 atom stereocenters. The van der Waals surface area contributed by atoms with E-state index in [9.17, 15) is 30.0 Å². The number of carbonyl (C=O) groups is 2. The van der Waals surface area contributed by atoms with E-state index >= 15 is 0 Å². The van der Waals surface area contributed by atoms with Crippen molar-refractivity contribution in [1.29, 1.82) is 0 Å². The molecule has 0 fully saturated rings. The molecule has 21 heavy (non-hydrogen) atoms. The Bertz CT molecular complexity index is 455. The van der Waals surface area contributed by atoms with E-state index in [2.05, 4.69) is 10.0 Å². The summed E-state index contributed by atoms with van der Waals surface area (Å²) < 4.78 is 0. The third-order valence-corrected chi connectivity index (χ3v) is 2.74. The van der Waals surface area contributed by atoms with E-state index in [1.165, 1.54) is 20.8 Å². The van der Waals surface area contributed by atoms with E-state index in [0.717, 1.165) is 0 Å². The first kappa shape index (κ1) is 19.4. The fraction of sp³-hybridized carbons (Fsp3) is 0.818. The number of ketones is 2. The Morgan fingerprint density at radius 3 is 2.00 bits per heavy atom. The van der Waals surface area contributed by atoms with Crippen molar-refractivity contribution in [2.24, 2.45) is 10.5 Å². The van der Waals surface area contributed by atoms with E-state index in [-0.39, 0.29) is 0 Å². The first-order chi connectivity index (χ1) is 9.43. The number of aliphatic hydroxyl groups is 5. The predicted octanol–water partition coefficient (Wildman–Crippen LogP) is -1.76. The largest absolute Gasteiger partial charge is 0.394 e. The lowest BCUT2D eigenvalue weighted by Crippen LogP contribution is -2.59. The molecule has 0 aromatic carbocycles. The van der Waals surface area contributed by atoms with Gasteiger partial charge in [0.15, 0.2) is 0 Å². The summed E-state index contributed by atoms with van der Waals surface area (Å²) in [5.74, 6) is -2.79. The second-order valence-electron chi connectivity index (χ2n) is 5.51. The molecule has 10 nitrogen and oxygen atoms in total. The molecule has 0 bridgehead atoms. The van der Waals surface area contributed by atoms with Gasteiger partial charge in [0.25, 0.3) is 0 Å². The summed E-state index contributed by atoms with van der Waals surface area (Å²) in [4.78, 5) is 26.0. The summed E-state index contributed by atoms with van der Waals surface area (Å²) in [6.07, 6.45) is -6.64. The van der Waals surface area contributed by atoms with Crippen molar-refractivity contribution >= 4 is 11.6 Å². The minimum atomic E-state index is -3.30. The standard InChI is InChI=1S/C11H19N3O7/c1-10(2,3)8(19)9(20)11(21,13-14-12)7(18)6(17)5(16)4-15/h5-7,15-18,21H,4H2,1-3H3/t5-,6-,7+,11-/m1/s1. The van der Waals surface area contributed by atoms with Gasteiger partial charge in [0.05, 0.1) is 6.61 Å². The maximum absolute atomic E-state index is 12.0. The minimum absolute atomic E-state index is 0.994. The molecule has 0 radical (unpaired) electrons. The highest BCUT2D eigenvalue weighted by molar-refractivity contribution is 6.41. The number of Topliss-reactive ketones (excluding diaryl/α,β-unsaturated/α-hetero) is 2. The first-order valence-corrected chi connectivity index (χ1v) is 5.96. The van der Waals surface area contributed by atoms with Crippen LogP contribution in [-0.4, -0.2) is 67.7 Å². The molecule has 0 aromatic heterocycles. The highest BCUT2D eigenvalue weighted by Gasteiger charge is 2.52. The highest BCUT2D eigenvalue weighted by atomic mass is 16.4. The number of hydrogen-bond donors (Lipinski definition) is 5. The zero-order valence-electron chi connectivity index (χ0n) is 11.8. The molecule has 0 amide bonds. The average Bonchev–Trinajstić information content (AvgIpc) is 2.42. The van der Waals surface area contributed by atoms with Gasteiger partial charge in [-0.05, 0) is 10.6 Å². The molecule has 120 valence electrons. The Balaban J connectivity index is 5.69. The third-order valence-electron chi connectivity index (χ3n) is 2.74. The molecule has 0 aliphatic heterocycles. The van der Waals surface area contributed by atoms with Gasteiger partial charge in [-0.1, -0.05) is 20.8 Å². The third kappa shape index (κ3) is 4.21. The molecule has 0 aliphatic carbocycles. The monoisotopic (exact) mass is 305 g/mol. The van der Waals surface area contributed by atoms with Crippen molar-refractivity contribution in [3.63, 3.8) is 0 Å². The van der Waals surface area contributed by atoms with Crippen molar-refractivity contribution < 1.29 is 35.1 Å². The molecular weight excluding hydrogens is 286 g/mol. The zero-order valence-corrected chi connectivity index (χ0v) is 11.8. The van der Waals surface area contributed by atoms with Crippen LogP contribution in [0.5, 0.6) is 0 Å². The lowest BCUT2D eigenvalue weighted by molar-refractivity contribution is -0.177. The zero-order chi connectivity index (χ0) is 17.0. The second-order valence-corrected chi connectivity index (χ2v) is 5.51. The maximum atomic E-state index is 12.0. The van der Waals surface area contributed by atoms with Crippen molar-refractivity contribution in [2.75, 3.05) is 6.61 Å². The lowest BCUT2D eigenvalue weighted by Gasteiger charge is -2.32. The average molecular weight is 305 g/mol. The van der Waals surface area contributed by atoms with Gasteiger partial charge >= 0.3 is 0 Å². The molecular formula is C11H19N3O7. The van der Waals surface area contributed by atoms with Crippen LogP contribution in [0, 0.1) is 5.41 Å². The van der Waals surface area contributed by atoms with Crippen LogP contribution in [-0.2, 0) is 9.59 Å². The molecule has 0 heterocycles. The van der Waals surface area contributed by atoms with Gasteiger partial charge in [0.1, 0.15) is 18.3 Å². The number of nitrogens with zero attached hydrogens (tertiary/aromatic N) is 3. The van der Waals surface area contributed by atoms with E-state index in [1.807, 2.05) is 0 Å². The van der Waals surface area contributed by atoms with Crippen molar-refractivity contribution in [2.45, 2.75) is 44.8 Å². The summed E-state index contributed by atoms with van der Waals surface area (Å²) in [5.41, 5.74) is 3.86. The number of azide groups is 1. The van der Waals surface area contributed by atoms with Gasteiger partial charge in [-0.25, -0.2) is 0 Å². The van der Waals surface area contributed by atoms with Crippen LogP contribution in [0.15, 0.2) is 5.11 Å². The predicted molar refractivity (Wildman–Crippen MR) is 68.7 cm³/mol. The summed E-state index contributed by atoms with van der Waals surface area (Å²) in [5, 5.41) is 49.8. The van der Waals surface area contributed by atoms with Crippen LogP contribution < -0.4 is 0 Å². The fourth-order valence-electron chi connectivity index (χ4n) is 1.37. The molecule has 10 heteroatoms. The molecule has 5 N–H and O–H groups in total. The summed E-state index contributed by atoms with van der Waals surface area (Å²) in [6.45, 7) is 3.07. The van der Waals surface area contributed by atoms with Gasteiger partial charge in [0.2, 0.25) is 17.3 Å². The number of aliphatic hydroxyl groups excluding tert-OH is 4. The Kier molecular flexibility index (Phi) is 6.43. The van der Waals surface area contributed by atoms with Gasteiger partial charge in [0, 0.05) is 10.3 Å². The van der Waals surface area contributed by atoms with Crippen LogP contribution >= 0.6 is 0 Å². The molecule has 0 unspecified atom stereocenters. The van der Waals surface area contributed by atoms with Gasteiger partial charge in [-0.15, -0.1) is 0 Å². The van der Waals surface area contributed by atoms with E-state index < -0.39 is 47.6 Å². The Hall–Kier alpha value is -1.55. The summed E-state index contributed by atoms with van der Waals surface area (Å²) in [7, 11) is 0. The number of rotatable bonds is 7. The molecule has 0 aliphatic rings. The maximum Gasteiger partial charge on any atom is 0.239 e.